The first-order valence-corrected chi connectivity index (χ1v) is 5.20. The van der Waals surface area contributed by atoms with Gasteiger partial charge in [0.05, 0.1) is 6.07 Å². The summed E-state index contributed by atoms with van der Waals surface area (Å²) >= 11 is 0. The average Bonchev–Trinajstić information content (AvgIpc) is 2.19. The Bertz CT molecular complexity index is 304. The van der Waals surface area contributed by atoms with Gasteiger partial charge >= 0.3 is 12.1 Å². The Kier molecular flexibility index (Phi) is 6.48. The second-order valence-electron chi connectivity index (χ2n) is 4.20. The fourth-order valence-corrected chi connectivity index (χ4v) is 0.837. The van der Waals surface area contributed by atoms with E-state index in [0.29, 0.717) is 0 Å². The number of ether oxygens (including phenoxy) is 1. The van der Waals surface area contributed by atoms with Crippen LogP contribution in [0.2, 0.25) is 0 Å². The van der Waals surface area contributed by atoms with Crippen LogP contribution >= 0.6 is 0 Å². The molecule has 96 valence electrons. The lowest BCUT2D eigenvalue weighted by molar-refractivity contribution is 0.0528. The van der Waals surface area contributed by atoms with Gasteiger partial charge in [0.2, 0.25) is 0 Å². The van der Waals surface area contributed by atoms with Crippen LogP contribution in [0, 0.1) is 11.3 Å². The van der Waals surface area contributed by atoms with E-state index in [4.69, 9.17) is 10.00 Å². The summed E-state index contributed by atoms with van der Waals surface area (Å²) in [5.41, 5.74) is -0.540. The molecule has 0 bridgehead atoms. The van der Waals surface area contributed by atoms with Crippen molar-refractivity contribution in [3.05, 3.63) is 0 Å². The third-order valence-electron chi connectivity index (χ3n) is 1.41. The lowest BCUT2D eigenvalue weighted by Gasteiger charge is -2.19. The van der Waals surface area contributed by atoms with Gasteiger partial charge in [0.15, 0.2) is 0 Å². The largest absolute Gasteiger partial charge is 0.444 e. The maximum atomic E-state index is 11.2. The summed E-state index contributed by atoms with van der Waals surface area (Å²) in [6.45, 7) is 5.76. The lowest BCUT2D eigenvalue weighted by Crippen LogP contribution is -2.41. The number of alkyl carbamates (subject to hydrolysis) is 1. The van der Waals surface area contributed by atoms with Crippen LogP contribution in [0.3, 0.4) is 0 Å². The van der Waals surface area contributed by atoms with Crippen LogP contribution in [0.5, 0.6) is 0 Å². The van der Waals surface area contributed by atoms with Gasteiger partial charge in [-0.15, -0.1) is 0 Å². The van der Waals surface area contributed by atoms with Crippen molar-refractivity contribution in [1.82, 2.24) is 16.0 Å². The molecule has 0 aromatic rings. The van der Waals surface area contributed by atoms with E-state index in [2.05, 4.69) is 16.0 Å². The molecule has 0 spiro atoms. The molecule has 7 nitrogen and oxygen atoms in total. The molecule has 0 fully saturated rings. The fraction of sp³-hybridized carbons (Fsp3) is 0.700. The highest BCUT2D eigenvalue weighted by Crippen LogP contribution is 2.05. The highest BCUT2D eigenvalue weighted by atomic mass is 16.6. The second-order valence-corrected chi connectivity index (χ2v) is 4.20. The number of hydrogen-bond donors (Lipinski definition) is 3. The molecule has 0 aliphatic carbocycles. The standard InChI is InChI=1S/C10H18N4O3/c1-10(2,3)17-9(16)14-7-6-13-8(15)12-5-4-11/h5-7H2,1-3H3,(H,14,16)(H2,12,13,15). The molecule has 0 atom stereocenters. The number of urea groups is 1. The van der Waals surface area contributed by atoms with E-state index >= 15 is 0 Å². The second kappa shape index (κ2) is 7.33. The van der Waals surface area contributed by atoms with Crippen molar-refractivity contribution in [2.45, 2.75) is 26.4 Å². The van der Waals surface area contributed by atoms with Crippen LogP contribution in [0.4, 0.5) is 9.59 Å². The Hall–Kier alpha value is -1.97. The zero-order chi connectivity index (χ0) is 13.3. The van der Waals surface area contributed by atoms with Crippen molar-refractivity contribution < 1.29 is 14.3 Å². The normalized spacial score (nSPS) is 10.0. The maximum Gasteiger partial charge on any atom is 0.407 e. The van der Waals surface area contributed by atoms with E-state index in [1.54, 1.807) is 26.8 Å². The van der Waals surface area contributed by atoms with Crippen molar-refractivity contribution in [1.29, 1.82) is 5.26 Å². The molecule has 0 rings (SSSR count). The molecule has 0 unspecified atom stereocenters. The molecule has 0 aliphatic heterocycles. The summed E-state index contributed by atoms with van der Waals surface area (Å²) in [5.74, 6) is 0. The summed E-state index contributed by atoms with van der Waals surface area (Å²) in [6, 6.07) is 1.32. The molecular formula is C10H18N4O3. The molecule has 0 aliphatic rings. The topological polar surface area (TPSA) is 103 Å². The molecule has 3 N–H and O–H groups in total. The average molecular weight is 242 g/mol. The van der Waals surface area contributed by atoms with Gasteiger partial charge in [-0.1, -0.05) is 0 Å². The molecule has 7 heteroatoms. The maximum absolute atomic E-state index is 11.2. The van der Waals surface area contributed by atoms with E-state index in [0.717, 1.165) is 0 Å². The number of carbonyl (C=O) groups excluding carboxylic acids is 2. The summed E-state index contributed by atoms with van der Waals surface area (Å²) in [5, 5.41) is 15.5. The smallest absolute Gasteiger partial charge is 0.407 e. The Morgan fingerprint density at radius 2 is 1.76 bits per heavy atom. The minimum absolute atomic E-state index is 0.0503. The minimum Gasteiger partial charge on any atom is -0.444 e. The van der Waals surface area contributed by atoms with E-state index in [1.165, 1.54) is 0 Å². The fourth-order valence-electron chi connectivity index (χ4n) is 0.837. The predicted octanol–water partition coefficient (Wildman–Crippen LogP) is 0.334. The number of nitrogens with zero attached hydrogens (tertiary/aromatic N) is 1. The first-order valence-electron chi connectivity index (χ1n) is 5.20. The van der Waals surface area contributed by atoms with Gasteiger partial charge in [-0.2, -0.15) is 5.26 Å². The van der Waals surface area contributed by atoms with Crippen molar-refractivity contribution in [2.24, 2.45) is 0 Å². The van der Waals surface area contributed by atoms with Crippen LogP contribution < -0.4 is 16.0 Å². The Balaban J connectivity index is 3.55. The highest BCUT2D eigenvalue weighted by molar-refractivity contribution is 5.74. The number of carbonyl (C=O) groups is 2. The first-order chi connectivity index (χ1) is 7.85. The van der Waals surface area contributed by atoms with Crippen LogP contribution in [0.1, 0.15) is 20.8 Å². The molecule has 0 aromatic carbocycles. The molecular weight excluding hydrogens is 224 g/mol. The third-order valence-corrected chi connectivity index (χ3v) is 1.41. The molecule has 17 heavy (non-hydrogen) atoms. The summed E-state index contributed by atoms with van der Waals surface area (Å²) in [7, 11) is 0. The molecule has 0 radical (unpaired) electrons. The summed E-state index contributed by atoms with van der Waals surface area (Å²) in [4.78, 5) is 22.1. The number of hydrogen-bond acceptors (Lipinski definition) is 4. The number of rotatable bonds is 4. The van der Waals surface area contributed by atoms with Crippen LogP contribution in [0.25, 0.3) is 0 Å². The van der Waals surface area contributed by atoms with Gasteiger partial charge < -0.3 is 20.7 Å². The molecule has 0 saturated heterocycles. The number of nitrogens with one attached hydrogen (secondary N) is 3. The van der Waals surface area contributed by atoms with Gasteiger partial charge in [0, 0.05) is 13.1 Å². The third kappa shape index (κ3) is 10.3. The summed E-state index contributed by atoms with van der Waals surface area (Å²) in [6.07, 6.45) is -0.531. The van der Waals surface area contributed by atoms with E-state index in [-0.39, 0.29) is 19.6 Å². The molecule has 3 amide bonds. The van der Waals surface area contributed by atoms with E-state index in [1.807, 2.05) is 0 Å². The first kappa shape index (κ1) is 15.0. The van der Waals surface area contributed by atoms with Gasteiger partial charge in [-0.25, -0.2) is 9.59 Å². The highest BCUT2D eigenvalue weighted by Gasteiger charge is 2.15. The summed E-state index contributed by atoms with van der Waals surface area (Å²) < 4.78 is 4.99. The van der Waals surface area contributed by atoms with Crippen molar-refractivity contribution in [3.8, 4) is 6.07 Å². The minimum atomic E-state index is -0.540. The Morgan fingerprint density at radius 3 is 2.29 bits per heavy atom. The van der Waals surface area contributed by atoms with Crippen LogP contribution in [-0.2, 0) is 4.74 Å². The van der Waals surface area contributed by atoms with Crippen LogP contribution in [-0.4, -0.2) is 37.4 Å². The quantitative estimate of drug-likeness (QED) is 0.488. The van der Waals surface area contributed by atoms with Crippen molar-refractivity contribution in [3.63, 3.8) is 0 Å². The number of amides is 3. The van der Waals surface area contributed by atoms with Crippen LogP contribution in [0.15, 0.2) is 0 Å². The van der Waals surface area contributed by atoms with Crippen molar-refractivity contribution >= 4 is 12.1 Å². The van der Waals surface area contributed by atoms with Gasteiger partial charge in [0.25, 0.3) is 0 Å². The number of nitriles is 1. The zero-order valence-electron chi connectivity index (χ0n) is 10.3. The Labute approximate surface area is 101 Å². The van der Waals surface area contributed by atoms with Gasteiger partial charge in [0.1, 0.15) is 12.1 Å². The van der Waals surface area contributed by atoms with Gasteiger partial charge in [-0.05, 0) is 20.8 Å². The Morgan fingerprint density at radius 1 is 1.18 bits per heavy atom. The zero-order valence-corrected chi connectivity index (χ0v) is 10.3. The van der Waals surface area contributed by atoms with E-state index in [9.17, 15) is 9.59 Å². The molecule has 0 aromatic heterocycles. The predicted molar refractivity (Wildman–Crippen MR) is 61.3 cm³/mol. The van der Waals surface area contributed by atoms with Gasteiger partial charge in [-0.3, -0.25) is 0 Å². The SMILES string of the molecule is CC(C)(C)OC(=O)NCCNC(=O)NCC#N. The van der Waals surface area contributed by atoms with Crippen molar-refractivity contribution in [2.75, 3.05) is 19.6 Å². The van der Waals surface area contributed by atoms with E-state index < -0.39 is 17.7 Å². The molecule has 0 heterocycles. The molecule has 0 saturated carbocycles. The monoisotopic (exact) mass is 242 g/mol. The lowest BCUT2D eigenvalue weighted by atomic mass is 10.2.